The third-order valence-electron chi connectivity index (χ3n) is 5.10. The first kappa shape index (κ1) is 19.1. The van der Waals surface area contributed by atoms with Gasteiger partial charge in [-0.2, -0.15) is 0 Å². The highest BCUT2D eigenvalue weighted by Crippen LogP contribution is 2.22. The lowest BCUT2D eigenvalue weighted by atomic mass is 10.2. The molecule has 0 atom stereocenters. The second kappa shape index (κ2) is 8.45. The van der Waals surface area contributed by atoms with Gasteiger partial charge in [0.1, 0.15) is 11.6 Å². The highest BCUT2D eigenvalue weighted by Gasteiger charge is 2.17. The van der Waals surface area contributed by atoms with Crippen LogP contribution in [0.3, 0.4) is 0 Å². The molecular weight excluding hydrogens is 366 g/mol. The second-order valence-electron chi connectivity index (χ2n) is 7.31. The van der Waals surface area contributed by atoms with Crippen LogP contribution in [-0.2, 0) is 11.2 Å². The van der Waals surface area contributed by atoms with Gasteiger partial charge in [-0.3, -0.25) is 4.79 Å². The van der Waals surface area contributed by atoms with Gasteiger partial charge in [-0.1, -0.05) is 18.2 Å². The normalized spacial score (nSPS) is 14.8. The summed E-state index contributed by atoms with van der Waals surface area (Å²) in [5.74, 6) is 1.98. The van der Waals surface area contributed by atoms with Gasteiger partial charge in [0.15, 0.2) is 0 Å². The van der Waals surface area contributed by atoms with Gasteiger partial charge in [-0.25, -0.2) is 9.97 Å². The maximum atomic E-state index is 12.5. The van der Waals surface area contributed by atoms with Crippen molar-refractivity contribution in [2.24, 2.45) is 0 Å². The molecule has 29 heavy (non-hydrogen) atoms. The number of piperazine rings is 1. The van der Waals surface area contributed by atoms with Crippen molar-refractivity contribution in [1.82, 2.24) is 14.9 Å². The Labute approximate surface area is 170 Å². The molecule has 0 spiro atoms. The minimum absolute atomic E-state index is 0.143. The number of carbonyl (C=O) groups excluding carboxylic acids is 1. The Balaban J connectivity index is 1.37. The van der Waals surface area contributed by atoms with Gasteiger partial charge in [-0.05, 0) is 38.2 Å². The molecule has 7 heteroatoms. The lowest BCUT2D eigenvalue weighted by molar-refractivity contribution is -0.115. The monoisotopic (exact) mass is 391 g/mol. The summed E-state index contributed by atoms with van der Waals surface area (Å²) in [6, 6.07) is 13.5. The molecule has 0 unspecified atom stereocenters. The van der Waals surface area contributed by atoms with Gasteiger partial charge in [0.2, 0.25) is 11.8 Å². The molecular formula is C22H25N5O2. The average molecular weight is 391 g/mol. The zero-order chi connectivity index (χ0) is 20.2. The van der Waals surface area contributed by atoms with Crippen molar-refractivity contribution >= 4 is 17.4 Å². The number of anilines is 2. The predicted molar refractivity (Wildman–Crippen MR) is 113 cm³/mol. The van der Waals surface area contributed by atoms with E-state index in [2.05, 4.69) is 32.1 Å². The van der Waals surface area contributed by atoms with E-state index in [9.17, 15) is 4.79 Å². The molecule has 1 aliphatic rings. The molecule has 0 bridgehead atoms. The van der Waals surface area contributed by atoms with Crippen LogP contribution in [0.1, 0.15) is 11.5 Å². The number of nitrogens with zero attached hydrogens (tertiary/aromatic N) is 4. The van der Waals surface area contributed by atoms with E-state index < -0.39 is 0 Å². The van der Waals surface area contributed by atoms with Crippen LogP contribution in [0.4, 0.5) is 11.5 Å². The molecule has 1 aliphatic heterocycles. The zero-order valence-corrected chi connectivity index (χ0v) is 16.8. The zero-order valence-electron chi connectivity index (χ0n) is 16.8. The number of rotatable bonds is 5. The third kappa shape index (κ3) is 4.63. The Kier molecular flexibility index (Phi) is 5.57. The number of nitrogens with one attached hydrogen (secondary N) is 1. The van der Waals surface area contributed by atoms with Gasteiger partial charge < -0.3 is 19.5 Å². The van der Waals surface area contributed by atoms with Crippen molar-refractivity contribution in [1.29, 1.82) is 0 Å². The van der Waals surface area contributed by atoms with Gasteiger partial charge in [0.05, 0.1) is 24.0 Å². The van der Waals surface area contributed by atoms with Crippen LogP contribution in [-0.4, -0.2) is 54.0 Å². The molecule has 1 N–H and O–H groups in total. The van der Waals surface area contributed by atoms with Gasteiger partial charge >= 0.3 is 0 Å². The number of carbonyl (C=O) groups is 1. The highest BCUT2D eigenvalue weighted by molar-refractivity contribution is 5.92. The van der Waals surface area contributed by atoms with E-state index in [0.29, 0.717) is 23.0 Å². The Hall–Kier alpha value is -3.19. The van der Waals surface area contributed by atoms with Crippen LogP contribution in [0.5, 0.6) is 0 Å². The summed E-state index contributed by atoms with van der Waals surface area (Å²) in [4.78, 5) is 26.0. The number of amides is 1. The first-order valence-electron chi connectivity index (χ1n) is 9.79. The van der Waals surface area contributed by atoms with E-state index in [1.807, 2.05) is 49.4 Å². The summed E-state index contributed by atoms with van der Waals surface area (Å²) in [6.07, 6.45) is 1.86. The van der Waals surface area contributed by atoms with Gasteiger partial charge in [0, 0.05) is 31.7 Å². The fraction of sp³-hybridized carbons (Fsp3) is 0.318. The van der Waals surface area contributed by atoms with E-state index in [1.54, 1.807) is 6.20 Å². The molecule has 3 heterocycles. The Morgan fingerprint density at radius 3 is 2.55 bits per heavy atom. The number of pyridine rings is 1. The molecule has 1 fully saturated rings. The minimum Gasteiger partial charge on any atom is -0.441 e. The molecule has 4 rings (SSSR count). The number of benzene rings is 1. The van der Waals surface area contributed by atoms with Crippen molar-refractivity contribution in [3.8, 4) is 11.5 Å². The molecule has 2 aromatic heterocycles. The van der Waals surface area contributed by atoms with Crippen LogP contribution in [0.2, 0.25) is 0 Å². The SMILES string of the molecule is Cc1oc(-c2ccccc2)nc1CC(=O)Nc1ccc(N2CCN(C)CC2)nc1. The number of aryl methyl sites for hydroxylation is 1. The summed E-state index contributed by atoms with van der Waals surface area (Å²) in [5, 5.41) is 2.89. The van der Waals surface area contributed by atoms with E-state index >= 15 is 0 Å². The van der Waals surface area contributed by atoms with E-state index in [1.165, 1.54) is 0 Å². The number of hydrogen-bond acceptors (Lipinski definition) is 6. The van der Waals surface area contributed by atoms with E-state index in [0.717, 1.165) is 37.6 Å². The van der Waals surface area contributed by atoms with Crippen molar-refractivity contribution < 1.29 is 9.21 Å². The maximum Gasteiger partial charge on any atom is 0.230 e. The highest BCUT2D eigenvalue weighted by atomic mass is 16.4. The largest absolute Gasteiger partial charge is 0.441 e. The molecule has 3 aromatic rings. The van der Waals surface area contributed by atoms with Gasteiger partial charge in [0.25, 0.3) is 0 Å². The van der Waals surface area contributed by atoms with E-state index in [4.69, 9.17) is 4.42 Å². The summed E-state index contributed by atoms with van der Waals surface area (Å²) in [7, 11) is 2.13. The third-order valence-corrected chi connectivity index (χ3v) is 5.10. The molecule has 1 amide bonds. The molecule has 7 nitrogen and oxygen atoms in total. The van der Waals surface area contributed by atoms with Crippen molar-refractivity contribution in [3.05, 3.63) is 60.1 Å². The van der Waals surface area contributed by atoms with Crippen molar-refractivity contribution in [3.63, 3.8) is 0 Å². The number of hydrogen-bond donors (Lipinski definition) is 1. The van der Waals surface area contributed by atoms with Crippen LogP contribution in [0, 0.1) is 6.92 Å². The molecule has 0 radical (unpaired) electrons. The lowest BCUT2D eigenvalue weighted by Crippen LogP contribution is -2.44. The smallest absolute Gasteiger partial charge is 0.230 e. The topological polar surface area (TPSA) is 74.5 Å². The maximum absolute atomic E-state index is 12.5. The molecule has 150 valence electrons. The Morgan fingerprint density at radius 1 is 1.10 bits per heavy atom. The van der Waals surface area contributed by atoms with Crippen molar-refractivity contribution in [2.45, 2.75) is 13.3 Å². The van der Waals surface area contributed by atoms with E-state index in [-0.39, 0.29) is 12.3 Å². The molecule has 0 aliphatic carbocycles. The van der Waals surface area contributed by atoms with Crippen LogP contribution < -0.4 is 10.2 Å². The number of likely N-dealkylation sites (N-methyl/N-ethyl adjacent to an activating group) is 1. The quantitative estimate of drug-likeness (QED) is 0.721. The molecule has 1 saturated heterocycles. The van der Waals surface area contributed by atoms with Gasteiger partial charge in [-0.15, -0.1) is 0 Å². The van der Waals surface area contributed by atoms with Crippen LogP contribution >= 0.6 is 0 Å². The Bertz CT molecular complexity index is 961. The summed E-state index contributed by atoms with van der Waals surface area (Å²) in [6.45, 7) is 5.81. The Morgan fingerprint density at radius 2 is 1.86 bits per heavy atom. The fourth-order valence-electron chi connectivity index (χ4n) is 3.34. The first-order chi connectivity index (χ1) is 14.1. The minimum atomic E-state index is -0.143. The standard InChI is InChI=1S/C22H25N5O2/c1-16-19(25-22(29-16)17-6-4-3-5-7-17)14-21(28)24-18-8-9-20(23-15-18)27-12-10-26(2)11-13-27/h3-9,15H,10-14H2,1-2H3,(H,24,28). The average Bonchev–Trinajstić information content (AvgIpc) is 3.10. The summed E-state index contributed by atoms with van der Waals surface area (Å²) in [5.41, 5.74) is 2.21. The molecule has 1 aromatic carbocycles. The number of oxazole rings is 1. The van der Waals surface area contributed by atoms with Crippen molar-refractivity contribution in [2.75, 3.05) is 43.4 Å². The van der Waals surface area contributed by atoms with Crippen LogP contribution in [0.25, 0.3) is 11.5 Å². The second-order valence-corrected chi connectivity index (χ2v) is 7.31. The molecule has 0 saturated carbocycles. The summed E-state index contributed by atoms with van der Waals surface area (Å²) >= 11 is 0. The fourth-order valence-corrected chi connectivity index (χ4v) is 3.34. The van der Waals surface area contributed by atoms with Crippen LogP contribution in [0.15, 0.2) is 53.1 Å². The summed E-state index contributed by atoms with van der Waals surface area (Å²) < 4.78 is 5.73. The lowest BCUT2D eigenvalue weighted by Gasteiger charge is -2.33. The number of aromatic nitrogens is 2. The first-order valence-corrected chi connectivity index (χ1v) is 9.79. The predicted octanol–water partition coefficient (Wildman–Crippen LogP) is 2.98.